The molecule has 0 spiro atoms. The second-order valence-electron chi connectivity index (χ2n) is 7.03. The molecule has 0 aromatic rings. The number of hydrogen-bond acceptors (Lipinski definition) is 4. The summed E-state index contributed by atoms with van der Waals surface area (Å²) in [7, 11) is 0. The van der Waals surface area contributed by atoms with E-state index in [1.54, 1.807) is 6.92 Å². The average Bonchev–Trinajstić information content (AvgIpc) is 2.62. The summed E-state index contributed by atoms with van der Waals surface area (Å²) in [5.41, 5.74) is 10.7. The molecule has 4 amide bonds. The van der Waals surface area contributed by atoms with E-state index in [4.69, 9.17) is 11.5 Å². The highest BCUT2D eigenvalue weighted by Gasteiger charge is 2.27. The molecule has 0 rings (SSSR count). The lowest BCUT2D eigenvalue weighted by Crippen LogP contribution is -2.37. The number of nitrogens with two attached hydrogens (primary N) is 2. The van der Waals surface area contributed by atoms with Crippen molar-refractivity contribution in [2.24, 2.45) is 29.2 Å². The fraction of sp³-hybridized carbons (Fsp3) is 0.789. The Bertz CT molecular complexity index is 496. The summed E-state index contributed by atoms with van der Waals surface area (Å²) in [6.07, 6.45) is 4.17. The second kappa shape index (κ2) is 14.0. The van der Waals surface area contributed by atoms with Crippen molar-refractivity contribution in [2.75, 3.05) is 13.1 Å². The van der Waals surface area contributed by atoms with Gasteiger partial charge in [-0.1, -0.05) is 20.8 Å². The van der Waals surface area contributed by atoms with Gasteiger partial charge >= 0.3 is 0 Å². The number of carbonyl (C=O) groups is 4. The molecule has 0 aromatic carbocycles. The number of nitrogens with one attached hydrogen (secondary N) is 2. The van der Waals surface area contributed by atoms with Crippen LogP contribution < -0.4 is 22.1 Å². The fourth-order valence-corrected chi connectivity index (χ4v) is 2.82. The number of carbonyl (C=O) groups excluding carboxylic acids is 4. The number of rotatable bonds is 15. The predicted molar refractivity (Wildman–Crippen MR) is 104 cm³/mol. The van der Waals surface area contributed by atoms with Gasteiger partial charge in [0, 0.05) is 37.3 Å². The van der Waals surface area contributed by atoms with Gasteiger partial charge < -0.3 is 22.1 Å². The van der Waals surface area contributed by atoms with Crippen molar-refractivity contribution < 1.29 is 19.2 Å². The van der Waals surface area contributed by atoms with Crippen molar-refractivity contribution in [3.8, 4) is 0 Å². The highest BCUT2D eigenvalue weighted by atomic mass is 16.2. The molecule has 156 valence electrons. The van der Waals surface area contributed by atoms with Gasteiger partial charge in [-0.15, -0.1) is 0 Å². The van der Waals surface area contributed by atoms with Crippen LogP contribution in [-0.2, 0) is 19.2 Å². The predicted octanol–water partition coefficient (Wildman–Crippen LogP) is 0.828. The first-order valence-corrected chi connectivity index (χ1v) is 9.85. The molecule has 3 unspecified atom stereocenters. The molecule has 0 heterocycles. The lowest BCUT2D eigenvalue weighted by Gasteiger charge is -2.22. The van der Waals surface area contributed by atoms with Crippen LogP contribution in [0.3, 0.4) is 0 Å². The van der Waals surface area contributed by atoms with E-state index in [2.05, 4.69) is 10.6 Å². The fourth-order valence-electron chi connectivity index (χ4n) is 2.82. The van der Waals surface area contributed by atoms with Crippen LogP contribution in [0.25, 0.3) is 0 Å². The van der Waals surface area contributed by atoms with Crippen LogP contribution in [0.5, 0.6) is 0 Å². The monoisotopic (exact) mass is 384 g/mol. The van der Waals surface area contributed by atoms with E-state index in [-0.39, 0.29) is 11.8 Å². The van der Waals surface area contributed by atoms with Crippen LogP contribution in [0.1, 0.15) is 65.7 Å². The van der Waals surface area contributed by atoms with Gasteiger partial charge in [0.2, 0.25) is 23.6 Å². The average molecular weight is 385 g/mol. The Labute approximate surface area is 162 Å². The van der Waals surface area contributed by atoms with E-state index in [1.165, 1.54) is 0 Å². The van der Waals surface area contributed by atoms with E-state index in [9.17, 15) is 19.2 Å². The van der Waals surface area contributed by atoms with Gasteiger partial charge in [-0.3, -0.25) is 19.2 Å². The maximum Gasteiger partial charge on any atom is 0.223 e. The first kappa shape index (κ1) is 24.9. The molecular formula is C19H36N4O4. The molecule has 0 saturated carbocycles. The van der Waals surface area contributed by atoms with Crippen molar-refractivity contribution in [1.82, 2.24) is 10.6 Å². The normalized spacial score (nSPS) is 14.0. The first-order valence-electron chi connectivity index (χ1n) is 9.85. The van der Waals surface area contributed by atoms with Crippen molar-refractivity contribution >= 4 is 23.6 Å². The quantitative estimate of drug-likeness (QED) is 0.310. The largest absolute Gasteiger partial charge is 0.369 e. The van der Waals surface area contributed by atoms with E-state index in [0.29, 0.717) is 38.8 Å². The molecule has 6 N–H and O–H groups in total. The Balaban J connectivity index is 4.42. The van der Waals surface area contributed by atoms with Gasteiger partial charge in [-0.05, 0) is 38.5 Å². The molecule has 27 heavy (non-hydrogen) atoms. The van der Waals surface area contributed by atoms with Crippen molar-refractivity contribution in [2.45, 2.75) is 65.7 Å². The van der Waals surface area contributed by atoms with Crippen LogP contribution in [0, 0.1) is 17.8 Å². The Kier molecular flexibility index (Phi) is 12.9. The Morgan fingerprint density at radius 2 is 1.41 bits per heavy atom. The molecule has 0 fully saturated rings. The number of hydrogen-bond donors (Lipinski definition) is 4. The summed E-state index contributed by atoms with van der Waals surface area (Å²) in [4.78, 5) is 46.5. The topological polar surface area (TPSA) is 144 Å². The van der Waals surface area contributed by atoms with Crippen LogP contribution in [0.2, 0.25) is 0 Å². The lowest BCUT2D eigenvalue weighted by molar-refractivity contribution is -0.128. The van der Waals surface area contributed by atoms with Gasteiger partial charge in [0.05, 0.1) is 0 Å². The third-order valence-corrected chi connectivity index (χ3v) is 4.75. The van der Waals surface area contributed by atoms with Crippen LogP contribution in [-0.4, -0.2) is 36.7 Å². The van der Waals surface area contributed by atoms with Crippen molar-refractivity contribution in [3.05, 3.63) is 0 Å². The summed E-state index contributed by atoms with van der Waals surface area (Å²) in [6.45, 7) is 6.48. The SMILES string of the molecule is CCC(=O)NCCCCCNC(=O)C(CC(C)C(N)=O)CC(CC)C(N)=O. The molecule has 8 nitrogen and oxygen atoms in total. The smallest absolute Gasteiger partial charge is 0.223 e. The van der Waals surface area contributed by atoms with Gasteiger partial charge in [-0.25, -0.2) is 0 Å². The Morgan fingerprint density at radius 3 is 1.89 bits per heavy atom. The van der Waals surface area contributed by atoms with Crippen LogP contribution >= 0.6 is 0 Å². The summed E-state index contributed by atoms with van der Waals surface area (Å²) >= 11 is 0. The van der Waals surface area contributed by atoms with Crippen LogP contribution in [0.4, 0.5) is 0 Å². The van der Waals surface area contributed by atoms with Gasteiger partial charge in [0.15, 0.2) is 0 Å². The molecule has 0 saturated heterocycles. The third-order valence-electron chi connectivity index (χ3n) is 4.75. The summed E-state index contributed by atoms with van der Waals surface area (Å²) in [5, 5.41) is 5.68. The van der Waals surface area contributed by atoms with E-state index in [1.807, 2.05) is 13.8 Å². The maximum absolute atomic E-state index is 12.5. The second-order valence-corrected chi connectivity index (χ2v) is 7.03. The van der Waals surface area contributed by atoms with E-state index in [0.717, 1.165) is 19.3 Å². The van der Waals surface area contributed by atoms with Gasteiger partial charge in [0.25, 0.3) is 0 Å². The molecule has 8 heteroatoms. The summed E-state index contributed by atoms with van der Waals surface area (Å²) in [5.74, 6) is -2.37. The molecular weight excluding hydrogens is 348 g/mol. The minimum Gasteiger partial charge on any atom is -0.369 e. The maximum atomic E-state index is 12.5. The third kappa shape index (κ3) is 11.2. The number of primary amides is 2. The zero-order valence-electron chi connectivity index (χ0n) is 16.9. The zero-order valence-corrected chi connectivity index (χ0v) is 16.9. The summed E-state index contributed by atoms with van der Waals surface area (Å²) < 4.78 is 0. The Hall–Kier alpha value is -2.12. The molecule has 0 aliphatic heterocycles. The van der Waals surface area contributed by atoms with Crippen molar-refractivity contribution in [3.63, 3.8) is 0 Å². The molecule has 0 aliphatic rings. The van der Waals surface area contributed by atoms with Crippen molar-refractivity contribution in [1.29, 1.82) is 0 Å². The molecule has 3 atom stereocenters. The first-order chi connectivity index (χ1) is 12.7. The van der Waals surface area contributed by atoms with Gasteiger partial charge in [-0.2, -0.15) is 0 Å². The number of amides is 4. The molecule has 0 radical (unpaired) electrons. The van der Waals surface area contributed by atoms with E-state index >= 15 is 0 Å². The molecule has 0 aromatic heterocycles. The molecule has 0 aliphatic carbocycles. The van der Waals surface area contributed by atoms with E-state index < -0.39 is 29.6 Å². The highest BCUT2D eigenvalue weighted by molar-refractivity contribution is 5.82. The minimum absolute atomic E-state index is 0.0367. The van der Waals surface area contributed by atoms with Crippen LogP contribution in [0.15, 0.2) is 0 Å². The molecule has 0 bridgehead atoms. The Morgan fingerprint density at radius 1 is 0.815 bits per heavy atom. The van der Waals surface area contributed by atoms with Gasteiger partial charge in [0.1, 0.15) is 0 Å². The zero-order chi connectivity index (χ0) is 20.8. The summed E-state index contributed by atoms with van der Waals surface area (Å²) in [6, 6.07) is 0. The standard InChI is InChI=1S/C19H36N4O4/c1-4-14(18(21)26)12-15(11-13(3)17(20)25)19(27)23-10-8-6-7-9-22-16(24)5-2/h13-15H,4-12H2,1-3H3,(H2,20,25)(H2,21,26)(H,22,24)(H,23,27). The highest BCUT2D eigenvalue weighted by Crippen LogP contribution is 2.22. The minimum atomic E-state index is -0.478. The lowest BCUT2D eigenvalue weighted by atomic mass is 9.85. The number of unbranched alkanes of at least 4 members (excludes halogenated alkanes) is 2.